The maximum Gasteiger partial charge on any atom is 0.230 e. The van der Waals surface area contributed by atoms with Crippen molar-refractivity contribution in [3.05, 3.63) is 5.82 Å². The van der Waals surface area contributed by atoms with Crippen LogP contribution in [-0.4, -0.2) is 38.4 Å². The first-order valence-corrected chi connectivity index (χ1v) is 7.41. The Morgan fingerprint density at radius 3 is 2.94 bits per heavy atom. The third kappa shape index (κ3) is 5.03. The van der Waals surface area contributed by atoms with Gasteiger partial charge in [-0.2, -0.15) is 0 Å². The highest BCUT2D eigenvalue weighted by molar-refractivity contribution is 7.99. The van der Waals surface area contributed by atoms with Gasteiger partial charge in [-0.3, -0.25) is 4.79 Å². The van der Waals surface area contributed by atoms with Crippen LogP contribution in [-0.2, 0) is 10.5 Å². The largest absolute Gasteiger partial charge is 0.355 e. The minimum atomic E-state index is 0.0806. The van der Waals surface area contributed by atoms with Crippen molar-refractivity contribution in [3.63, 3.8) is 0 Å². The van der Waals surface area contributed by atoms with E-state index in [4.69, 9.17) is 0 Å². The van der Waals surface area contributed by atoms with Crippen molar-refractivity contribution in [1.82, 2.24) is 25.5 Å². The molecule has 0 atom stereocenters. The highest BCUT2D eigenvalue weighted by atomic mass is 32.2. The van der Waals surface area contributed by atoms with E-state index in [9.17, 15) is 4.79 Å². The van der Waals surface area contributed by atoms with Crippen LogP contribution in [0.1, 0.15) is 45.5 Å². The summed E-state index contributed by atoms with van der Waals surface area (Å²) in [5.41, 5.74) is 0. The molecule has 0 aliphatic rings. The molecule has 1 aromatic heterocycles. The van der Waals surface area contributed by atoms with Gasteiger partial charge in [0.2, 0.25) is 5.91 Å². The van der Waals surface area contributed by atoms with Crippen LogP contribution in [0.4, 0.5) is 0 Å². The maximum absolute atomic E-state index is 11.5. The summed E-state index contributed by atoms with van der Waals surface area (Å²) in [5, 5.41) is 14.4. The van der Waals surface area contributed by atoms with Gasteiger partial charge in [-0.1, -0.05) is 13.3 Å². The number of aromatic nitrogens is 4. The zero-order valence-corrected chi connectivity index (χ0v) is 12.0. The fraction of sp³-hybridized carbons (Fsp3) is 0.818. The third-order valence-corrected chi connectivity index (χ3v) is 3.30. The number of thioether (sulfide) groups is 1. The lowest BCUT2D eigenvalue weighted by atomic mass is 10.3. The van der Waals surface area contributed by atoms with Crippen LogP contribution in [0.3, 0.4) is 0 Å². The molecule has 0 unspecified atom stereocenters. The van der Waals surface area contributed by atoms with Gasteiger partial charge in [0.1, 0.15) is 0 Å². The zero-order chi connectivity index (χ0) is 13.4. The van der Waals surface area contributed by atoms with E-state index in [2.05, 4.69) is 27.8 Å². The number of hydrogen-bond acceptors (Lipinski definition) is 5. The lowest BCUT2D eigenvalue weighted by Crippen LogP contribution is -2.26. The van der Waals surface area contributed by atoms with Gasteiger partial charge in [0, 0.05) is 6.54 Å². The predicted octanol–water partition coefficient (Wildman–Crippen LogP) is 1.40. The quantitative estimate of drug-likeness (QED) is 0.724. The summed E-state index contributed by atoms with van der Waals surface area (Å²) in [7, 11) is 0. The first-order chi connectivity index (χ1) is 8.65. The first kappa shape index (κ1) is 14.9. The molecule has 1 amide bonds. The molecule has 7 heteroatoms. The van der Waals surface area contributed by atoms with Gasteiger partial charge in [0.15, 0.2) is 5.82 Å². The Kier molecular flexibility index (Phi) is 6.70. The molecule has 1 rings (SSSR count). The maximum atomic E-state index is 11.5. The molecule has 0 spiro atoms. The molecule has 0 aliphatic carbocycles. The minimum Gasteiger partial charge on any atom is -0.355 e. The number of carbonyl (C=O) groups is 1. The number of tetrazole rings is 1. The summed E-state index contributed by atoms with van der Waals surface area (Å²) in [4.78, 5) is 11.5. The number of hydrogen-bond donors (Lipinski definition) is 1. The van der Waals surface area contributed by atoms with Crippen LogP contribution in [0.15, 0.2) is 0 Å². The monoisotopic (exact) mass is 271 g/mol. The summed E-state index contributed by atoms with van der Waals surface area (Å²) >= 11 is 1.53. The van der Waals surface area contributed by atoms with E-state index < -0.39 is 0 Å². The van der Waals surface area contributed by atoms with Crippen molar-refractivity contribution in [2.45, 2.75) is 45.4 Å². The van der Waals surface area contributed by atoms with Crippen molar-refractivity contribution in [2.75, 3.05) is 12.3 Å². The molecular formula is C11H21N5OS. The van der Waals surface area contributed by atoms with E-state index in [-0.39, 0.29) is 11.9 Å². The fourth-order valence-electron chi connectivity index (χ4n) is 1.40. The standard InChI is InChI=1S/C11H21N5OS/c1-4-5-6-12-11(17)8-18-7-10-13-14-15-16(10)9(2)3/h9H,4-8H2,1-3H3,(H,12,17). The lowest BCUT2D eigenvalue weighted by Gasteiger charge is -2.07. The topological polar surface area (TPSA) is 72.7 Å². The second-order valence-corrected chi connectivity index (χ2v) is 5.32. The summed E-state index contributed by atoms with van der Waals surface area (Å²) in [5.74, 6) is 2.01. The van der Waals surface area contributed by atoms with Crippen molar-refractivity contribution in [2.24, 2.45) is 0 Å². The molecule has 0 bridgehead atoms. The third-order valence-electron chi connectivity index (χ3n) is 2.37. The van der Waals surface area contributed by atoms with Crippen LogP contribution >= 0.6 is 11.8 Å². The van der Waals surface area contributed by atoms with Gasteiger partial charge >= 0.3 is 0 Å². The van der Waals surface area contributed by atoms with Crippen molar-refractivity contribution in [1.29, 1.82) is 0 Å². The number of rotatable bonds is 8. The molecule has 0 aromatic carbocycles. The molecule has 0 fully saturated rings. The molecule has 102 valence electrons. The molecule has 6 nitrogen and oxygen atoms in total. The van der Waals surface area contributed by atoms with Gasteiger partial charge in [-0.15, -0.1) is 16.9 Å². The Balaban J connectivity index is 2.24. The van der Waals surface area contributed by atoms with Gasteiger partial charge < -0.3 is 5.32 Å². The van der Waals surface area contributed by atoms with Gasteiger partial charge in [-0.25, -0.2) is 4.68 Å². The molecule has 0 saturated heterocycles. The van der Waals surface area contributed by atoms with Crippen LogP contribution in [0, 0.1) is 0 Å². The summed E-state index contributed by atoms with van der Waals surface area (Å²) < 4.78 is 1.78. The number of nitrogens with zero attached hydrogens (tertiary/aromatic N) is 4. The van der Waals surface area contributed by atoms with E-state index in [0.29, 0.717) is 11.5 Å². The minimum absolute atomic E-state index is 0.0806. The van der Waals surface area contributed by atoms with E-state index in [1.54, 1.807) is 4.68 Å². The Morgan fingerprint density at radius 1 is 1.50 bits per heavy atom. The van der Waals surface area contributed by atoms with Gasteiger partial charge in [-0.05, 0) is 30.7 Å². The van der Waals surface area contributed by atoms with Crippen molar-refractivity contribution >= 4 is 17.7 Å². The molecular weight excluding hydrogens is 250 g/mol. The second-order valence-electron chi connectivity index (χ2n) is 4.33. The van der Waals surface area contributed by atoms with Gasteiger partial charge in [0.05, 0.1) is 17.5 Å². The number of amides is 1. The molecule has 1 aromatic rings. The number of carbonyl (C=O) groups excluding carboxylic acids is 1. The van der Waals surface area contributed by atoms with Crippen LogP contribution in [0.2, 0.25) is 0 Å². The molecule has 0 saturated carbocycles. The highest BCUT2D eigenvalue weighted by Crippen LogP contribution is 2.12. The molecule has 0 radical (unpaired) electrons. The smallest absolute Gasteiger partial charge is 0.230 e. The number of unbranched alkanes of at least 4 members (excludes halogenated alkanes) is 1. The van der Waals surface area contributed by atoms with E-state index in [1.165, 1.54) is 11.8 Å². The summed E-state index contributed by atoms with van der Waals surface area (Å²) in [6, 6.07) is 0.244. The average Bonchev–Trinajstić information content (AvgIpc) is 2.78. The molecule has 1 N–H and O–H groups in total. The zero-order valence-electron chi connectivity index (χ0n) is 11.2. The Morgan fingerprint density at radius 2 is 2.28 bits per heavy atom. The van der Waals surface area contributed by atoms with Gasteiger partial charge in [0.25, 0.3) is 0 Å². The SMILES string of the molecule is CCCCNC(=O)CSCc1nnnn1C(C)C. The van der Waals surface area contributed by atoms with Crippen molar-refractivity contribution in [3.8, 4) is 0 Å². The Bertz CT molecular complexity index is 366. The van der Waals surface area contributed by atoms with Crippen LogP contribution in [0.5, 0.6) is 0 Å². The van der Waals surface area contributed by atoms with E-state index in [0.717, 1.165) is 25.2 Å². The van der Waals surface area contributed by atoms with Crippen LogP contribution < -0.4 is 5.32 Å². The Labute approximate surface area is 112 Å². The molecule has 1 heterocycles. The van der Waals surface area contributed by atoms with Crippen LogP contribution in [0.25, 0.3) is 0 Å². The van der Waals surface area contributed by atoms with E-state index in [1.807, 2.05) is 13.8 Å². The highest BCUT2D eigenvalue weighted by Gasteiger charge is 2.09. The molecule has 0 aliphatic heterocycles. The predicted molar refractivity (Wildman–Crippen MR) is 72.3 cm³/mol. The summed E-state index contributed by atoms with van der Waals surface area (Å²) in [6.45, 7) is 6.93. The first-order valence-electron chi connectivity index (χ1n) is 6.26. The van der Waals surface area contributed by atoms with Crippen molar-refractivity contribution < 1.29 is 4.79 Å². The lowest BCUT2D eigenvalue weighted by molar-refractivity contribution is -0.118. The summed E-state index contributed by atoms with van der Waals surface area (Å²) in [6.07, 6.45) is 2.12. The molecule has 18 heavy (non-hydrogen) atoms. The van der Waals surface area contributed by atoms with E-state index >= 15 is 0 Å². The second kappa shape index (κ2) is 8.07. The number of nitrogens with one attached hydrogen (secondary N) is 1. The normalized spacial score (nSPS) is 10.9. The fourth-order valence-corrected chi connectivity index (χ4v) is 2.16. The average molecular weight is 271 g/mol. The Hall–Kier alpha value is -1.11.